The zero-order valence-corrected chi connectivity index (χ0v) is 10.5. The molecule has 17 heavy (non-hydrogen) atoms. The van der Waals surface area contributed by atoms with Gasteiger partial charge in [0, 0.05) is 5.38 Å². The maximum Gasteiger partial charge on any atom is 0.278 e. The number of rotatable bonds is 3. The minimum Gasteiger partial charge on any atom is -0.395 e. The Morgan fingerprint density at radius 2 is 2.35 bits per heavy atom. The number of hydrogen-bond acceptors (Lipinski definition) is 4. The molecule has 0 aliphatic carbocycles. The molecule has 0 spiro atoms. The molecule has 2 heterocycles. The second-order valence-electron chi connectivity index (χ2n) is 4.02. The van der Waals surface area contributed by atoms with Crippen molar-refractivity contribution in [1.29, 1.82) is 0 Å². The molecular weight excluding hydrogens is 236 g/mol. The predicted molar refractivity (Wildman–Crippen MR) is 69.4 cm³/mol. The first-order chi connectivity index (χ1) is 8.09. The summed E-state index contributed by atoms with van der Waals surface area (Å²) < 4.78 is 0. The highest BCUT2D eigenvalue weighted by Gasteiger charge is 2.18. The van der Waals surface area contributed by atoms with Gasteiger partial charge in [-0.1, -0.05) is 13.8 Å². The second-order valence-corrected chi connectivity index (χ2v) is 4.80. The van der Waals surface area contributed by atoms with Gasteiger partial charge >= 0.3 is 0 Å². The molecule has 0 radical (unpaired) electrons. The molecule has 0 atom stereocenters. The molecule has 0 unspecified atom stereocenters. The van der Waals surface area contributed by atoms with Crippen molar-refractivity contribution in [3.8, 4) is 0 Å². The van der Waals surface area contributed by atoms with Crippen LogP contribution in [0.5, 0.6) is 0 Å². The molecule has 1 amide bonds. The summed E-state index contributed by atoms with van der Waals surface area (Å²) in [6.07, 6.45) is 0. The van der Waals surface area contributed by atoms with E-state index in [0.717, 1.165) is 11.4 Å². The Balaban J connectivity index is 2.20. The fourth-order valence-electron chi connectivity index (χ4n) is 1.50. The van der Waals surface area contributed by atoms with Crippen LogP contribution in [0.25, 0.3) is 0 Å². The maximum absolute atomic E-state index is 11.9. The van der Waals surface area contributed by atoms with Gasteiger partial charge < -0.3 is 11.1 Å². The van der Waals surface area contributed by atoms with Crippen molar-refractivity contribution in [2.75, 3.05) is 11.1 Å². The first-order valence-electron chi connectivity index (χ1n) is 5.27. The van der Waals surface area contributed by atoms with E-state index in [-0.39, 0.29) is 17.5 Å². The first kappa shape index (κ1) is 11.7. The Hall–Kier alpha value is -1.82. The van der Waals surface area contributed by atoms with Gasteiger partial charge in [-0.2, -0.15) is 16.4 Å². The highest BCUT2D eigenvalue weighted by molar-refractivity contribution is 7.08. The number of nitrogens with one attached hydrogen (secondary N) is 2. The minimum absolute atomic E-state index is 0.213. The number of carbonyl (C=O) groups excluding carboxylic acids is 1. The van der Waals surface area contributed by atoms with Crippen molar-refractivity contribution in [3.05, 3.63) is 28.2 Å². The van der Waals surface area contributed by atoms with Crippen LogP contribution in [-0.2, 0) is 0 Å². The van der Waals surface area contributed by atoms with Crippen LogP contribution in [0.1, 0.15) is 35.9 Å². The summed E-state index contributed by atoms with van der Waals surface area (Å²) in [7, 11) is 0. The van der Waals surface area contributed by atoms with Crippen LogP contribution < -0.4 is 11.1 Å². The molecular formula is C11H14N4OS. The van der Waals surface area contributed by atoms with E-state index in [1.165, 1.54) is 11.3 Å². The molecule has 90 valence electrons. The average Bonchev–Trinajstić information content (AvgIpc) is 2.86. The lowest BCUT2D eigenvalue weighted by molar-refractivity contribution is 0.102. The number of aromatic amines is 1. The van der Waals surface area contributed by atoms with Crippen molar-refractivity contribution >= 4 is 28.6 Å². The SMILES string of the molecule is CC(C)c1[nH]nc(C(=O)Nc2ccsc2)c1N. The lowest BCUT2D eigenvalue weighted by Crippen LogP contribution is -2.13. The molecule has 2 rings (SSSR count). The zero-order chi connectivity index (χ0) is 12.4. The minimum atomic E-state index is -0.288. The number of nitrogen functional groups attached to an aromatic ring is 1. The topological polar surface area (TPSA) is 83.8 Å². The van der Waals surface area contributed by atoms with Gasteiger partial charge in [0.05, 0.1) is 17.1 Å². The molecule has 6 heteroatoms. The summed E-state index contributed by atoms with van der Waals surface area (Å²) in [5, 5.41) is 13.2. The summed E-state index contributed by atoms with van der Waals surface area (Å²) in [5.41, 5.74) is 8.11. The van der Waals surface area contributed by atoms with Crippen molar-refractivity contribution in [1.82, 2.24) is 10.2 Å². The highest BCUT2D eigenvalue weighted by atomic mass is 32.1. The lowest BCUT2D eigenvalue weighted by atomic mass is 10.1. The van der Waals surface area contributed by atoms with Gasteiger partial charge in [0.25, 0.3) is 5.91 Å². The molecule has 2 aromatic heterocycles. The van der Waals surface area contributed by atoms with E-state index in [9.17, 15) is 4.79 Å². The van der Waals surface area contributed by atoms with Gasteiger partial charge in [-0.05, 0) is 17.4 Å². The monoisotopic (exact) mass is 250 g/mol. The van der Waals surface area contributed by atoms with E-state index < -0.39 is 0 Å². The van der Waals surface area contributed by atoms with Gasteiger partial charge in [0.2, 0.25) is 0 Å². The lowest BCUT2D eigenvalue weighted by Gasteiger charge is -2.03. The number of hydrogen-bond donors (Lipinski definition) is 3. The Morgan fingerprint density at radius 3 is 2.88 bits per heavy atom. The number of H-pyrrole nitrogens is 1. The van der Waals surface area contributed by atoms with Crippen LogP contribution in [-0.4, -0.2) is 16.1 Å². The molecule has 2 aromatic rings. The van der Waals surface area contributed by atoms with Crippen molar-refractivity contribution in [3.63, 3.8) is 0 Å². The Labute approximate surface area is 103 Å². The predicted octanol–water partition coefficient (Wildman–Crippen LogP) is 2.43. The fourth-order valence-corrected chi connectivity index (χ4v) is 2.09. The summed E-state index contributed by atoms with van der Waals surface area (Å²) in [6.45, 7) is 3.98. The van der Waals surface area contributed by atoms with Crippen molar-refractivity contribution in [2.24, 2.45) is 0 Å². The largest absolute Gasteiger partial charge is 0.395 e. The molecule has 4 N–H and O–H groups in total. The molecule has 0 saturated carbocycles. The zero-order valence-electron chi connectivity index (χ0n) is 9.65. The quantitative estimate of drug-likeness (QED) is 0.782. The summed E-state index contributed by atoms with van der Waals surface area (Å²) in [5.74, 6) is -0.0748. The molecule has 0 aromatic carbocycles. The second kappa shape index (κ2) is 4.58. The van der Waals surface area contributed by atoms with Crippen LogP contribution in [0.15, 0.2) is 16.8 Å². The Bertz CT molecular complexity index is 516. The van der Waals surface area contributed by atoms with Crippen LogP contribution in [0.3, 0.4) is 0 Å². The van der Waals surface area contributed by atoms with Gasteiger partial charge in [0.1, 0.15) is 0 Å². The number of nitrogens with two attached hydrogens (primary N) is 1. The van der Waals surface area contributed by atoms with Gasteiger partial charge in [-0.15, -0.1) is 0 Å². The average molecular weight is 250 g/mol. The molecule has 5 nitrogen and oxygen atoms in total. The fraction of sp³-hybridized carbons (Fsp3) is 0.273. The third-order valence-electron chi connectivity index (χ3n) is 2.40. The van der Waals surface area contributed by atoms with Crippen LogP contribution in [0, 0.1) is 0 Å². The normalized spacial score (nSPS) is 10.8. The third kappa shape index (κ3) is 2.31. The molecule has 0 fully saturated rings. The van der Waals surface area contributed by atoms with E-state index >= 15 is 0 Å². The summed E-state index contributed by atoms with van der Waals surface area (Å²) in [4.78, 5) is 11.9. The number of carbonyl (C=O) groups is 1. The number of nitrogens with zero attached hydrogens (tertiary/aromatic N) is 1. The van der Waals surface area contributed by atoms with E-state index in [4.69, 9.17) is 5.73 Å². The van der Waals surface area contributed by atoms with Crippen LogP contribution in [0.4, 0.5) is 11.4 Å². The van der Waals surface area contributed by atoms with E-state index in [0.29, 0.717) is 5.69 Å². The van der Waals surface area contributed by atoms with Crippen molar-refractivity contribution < 1.29 is 4.79 Å². The van der Waals surface area contributed by atoms with E-state index in [1.807, 2.05) is 30.7 Å². The van der Waals surface area contributed by atoms with Crippen molar-refractivity contribution in [2.45, 2.75) is 19.8 Å². The smallest absolute Gasteiger partial charge is 0.278 e. The number of aromatic nitrogens is 2. The summed E-state index contributed by atoms with van der Waals surface area (Å²) in [6, 6.07) is 1.83. The van der Waals surface area contributed by atoms with Crippen LogP contribution >= 0.6 is 11.3 Å². The van der Waals surface area contributed by atoms with Gasteiger partial charge in [-0.3, -0.25) is 9.89 Å². The Kier molecular flexibility index (Phi) is 3.14. The van der Waals surface area contributed by atoms with Crippen LogP contribution in [0.2, 0.25) is 0 Å². The molecule has 0 saturated heterocycles. The molecule has 0 aliphatic heterocycles. The van der Waals surface area contributed by atoms with E-state index in [1.54, 1.807) is 0 Å². The molecule has 0 bridgehead atoms. The standard InChI is InChI=1S/C11H14N4OS/c1-6(2)9-8(12)10(15-14-9)11(16)13-7-3-4-17-5-7/h3-6H,12H2,1-2H3,(H,13,16)(H,14,15). The number of anilines is 2. The molecule has 0 aliphatic rings. The third-order valence-corrected chi connectivity index (χ3v) is 3.09. The Morgan fingerprint density at radius 1 is 1.59 bits per heavy atom. The highest BCUT2D eigenvalue weighted by Crippen LogP contribution is 2.23. The van der Waals surface area contributed by atoms with E-state index in [2.05, 4.69) is 15.5 Å². The first-order valence-corrected chi connectivity index (χ1v) is 6.21. The number of thiophene rings is 1. The maximum atomic E-state index is 11.9. The van der Waals surface area contributed by atoms with Gasteiger partial charge in [-0.25, -0.2) is 0 Å². The number of amides is 1. The summed E-state index contributed by atoms with van der Waals surface area (Å²) >= 11 is 1.52. The van der Waals surface area contributed by atoms with Gasteiger partial charge in [0.15, 0.2) is 5.69 Å².